The Labute approximate surface area is 169 Å². The average Bonchev–Trinajstić information content (AvgIpc) is 2.93. The molecule has 0 aromatic heterocycles. The maximum absolute atomic E-state index is 12.7. The summed E-state index contributed by atoms with van der Waals surface area (Å²) >= 11 is 0. The van der Waals surface area contributed by atoms with Crippen molar-refractivity contribution in [3.8, 4) is 5.75 Å². The second-order valence-electron chi connectivity index (χ2n) is 8.00. The number of phenols is 1. The summed E-state index contributed by atoms with van der Waals surface area (Å²) in [5, 5.41) is 13.6. The predicted octanol–water partition coefficient (Wildman–Crippen LogP) is 0.800. The molecule has 9 nitrogen and oxygen atoms in total. The van der Waals surface area contributed by atoms with Gasteiger partial charge in [0.05, 0.1) is 12.2 Å². The summed E-state index contributed by atoms with van der Waals surface area (Å²) in [4.78, 5) is 41.5. The summed E-state index contributed by atoms with van der Waals surface area (Å²) in [6.07, 6.45) is 4.10. The number of carbonyl (C=O) groups is 3. The molecule has 29 heavy (non-hydrogen) atoms. The lowest BCUT2D eigenvalue weighted by Gasteiger charge is -2.36. The van der Waals surface area contributed by atoms with Gasteiger partial charge in [-0.05, 0) is 25.0 Å². The molecule has 4 amide bonds. The zero-order chi connectivity index (χ0) is 20.4. The van der Waals surface area contributed by atoms with E-state index in [2.05, 4.69) is 15.6 Å². The van der Waals surface area contributed by atoms with E-state index in [-0.39, 0.29) is 24.1 Å². The predicted molar refractivity (Wildman–Crippen MR) is 106 cm³/mol. The number of carbonyl (C=O) groups excluding carboxylic acids is 3. The highest BCUT2D eigenvalue weighted by atomic mass is 16.3. The molecule has 3 fully saturated rings. The van der Waals surface area contributed by atoms with Crippen molar-refractivity contribution < 1.29 is 19.5 Å². The number of imide groups is 1. The van der Waals surface area contributed by atoms with Gasteiger partial charge in [-0.15, -0.1) is 0 Å². The number of hydrogen-bond donors (Lipinski definition) is 3. The van der Waals surface area contributed by atoms with Crippen molar-refractivity contribution in [2.75, 3.05) is 37.6 Å². The molecule has 1 spiro atoms. The standard InChI is InChI=1S/C20H27N5O4/c26-16-7-3-2-6-15(16)24-12-10-23(11-13-24)14-17(27)22-25-18(28)20(21-19(25)29)8-4-1-5-9-20/h2-3,6-7,26H,1,4-5,8-14H2,(H,21,29)(H,22,27). The molecule has 2 heterocycles. The van der Waals surface area contributed by atoms with Crippen LogP contribution >= 0.6 is 0 Å². The van der Waals surface area contributed by atoms with Gasteiger partial charge in [0.2, 0.25) is 0 Å². The van der Waals surface area contributed by atoms with Gasteiger partial charge in [-0.3, -0.25) is 19.9 Å². The summed E-state index contributed by atoms with van der Waals surface area (Å²) in [7, 11) is 0. The first-order chi connectivity index (χ1) is 14.0. The smallest absolute Gasteiger partial charge is 0.344 e. The van der Waals surface area contributed by atoms with Crippen LogP contribution in [0.1, 0.15) is 32.1 Å². The molecule has 0 atom stereocenters. The maximum Gasteiger partial charge on any atom is 0.344 e. The van der Waals surface area contributed by atoms with E-state index < -0.39 is 11.6 Å². The van der Waals surface area contributed by atoms with Crippen LogP contribution < -0.4 is 15.6 Å². The van der Waals surface area contributed by atoms with Crippen molar-refractivity contribution in [2.24, 2.45) is 0 Å². The Bertz CT molecular complexity index is 800. The molecule has 1 saturated carbocycles. The molecule has 2 saturated heterocycles. The lowest BCUT2D eigenvalue weighted by molar-refractivity contribution is -0.140. The second-order valence-corrected chi connectivity index (χ2v) is 8.00. The molecular formula is C20H27N5O4. The number of anilines is 1. The number of rotatable bonds is 4. The minimum Gasteiger partial charge on any atom is -0.506 e. The molecule has 3 N–H and O–H groups in total. The number of nitrogens with one attached hydrogen (secondary N) is 2. The maximum atomic E-state index is 12.7. The molecule has 156 valence electrons. The number of aromatic hydroxyl groups is 1. The van der Waals surface area contributed by atoms with Crippen molar-refractivity contribution in [2.45, 2.75) is 37.6 Å². The molecular weight excluding hydrogens is 374 g/mol. The van der Waals surface area contributed by atoms with Crippen LogP contribution in [0.15, 0.2) is 24.3 Å². The van der Waals surface area contributed by atoms with Crippen molar-refractivity contribution in [3.63, 3.8) is 0 Å². The number of para-hydroxylation sites is 2. The fourth-order valence-corrected chi connectivity index (χ4v) is 4.46. The largest absolute Gasteiger partial charge is 0.506 e. The summed E-state index contributed by atoms with van der Waals surface area (Å²) in [6.45, 7) is 2.75. The first-order valence-corrected chi connectivity index (χ1v) is 10.2. The normalized spacial score (nSPS) is 22.1. The first-order valence-electron chi connectivity index (χ1n) is 10.2. The number of hydrogen-bond acceptors (Lipinski definition) is 6. The van der Waals surface area contributed by atoms with Crippen LogP contribution in [0.4, 0.5) is 10.5 Å². The lowest BCUT2D eigenvalue weighted by Crippen LogP contribution is -2.54. The summed E-state index contributed by atoms with van der Waals surface area (Å²) < 4.78 is 0. The lowest BCUT2D eigenvalue weighted by atomic mass is 9.82. The van der Waals surface area contributed by atoms with E-state index in [0.717, 1.165) is 30.0 Å². The minimum atomic E-state index is -0.841. The molecule has 1 aromatic carbocycles. The fourth-order valence-electron chi connectivity index (χ4n) is 4.46. The Morgan fingerprint density at radius 1 is 1.07 bits per heavy atom. The molecule has 9 heteroatoms. The Morgan fingerprint density at radius 3 is 2.45 bits per heavy atom. The van der Waals surface area contributed by atoms with Crippen molar-refractivity contribution in [1.29, 1.82) is 0 Å². The third kappa shape index (κ3) is 3.87. The van der Waals surface area contributed by atoms with Crippen molar-refractivity contribution in [3.05, 3.63) is 24.3 Å². The highest BCUT2D eigenvalue weighted by Gasteiger charge is 2.52. The number of nitrogens with zero attached hydrogens (tertiary/aromatic N) is 3. The van der Waals surface area contributed by atoms with Gasteiger partial charge in [0.15, 0.2) is 0 Å². The quantitative estimate of drug-likeness (QED) is 0.645. The van der Waals surface area contributed by atoms with Crippen LogP contribution in [0.25, 0.3) is 0 Å². The first kappa shape index (κ1) is 19.5. The van der Waals surface area contributed by atoms with Gasteiger partial charge in [-0.25, -0.2) is 4.79 Å². The summed E-state index contributed by atoms with van der Waals surface area (Å²) in [6, 6.07) is 6.65. The molecule has 1 aromatic rings. The van der Waals surface area contributed by atoms with Crippen molar-refractivity contribution in [1.82, 2.24) is 20.7 Å². The number of urea groups is 1. The number of phenolic OH excluding ortho intramolecular Hbond substituents is 1. The third-order valence-corrected chi connectivity index (χ3v) is 6.07. The van der Waals surface area contributed by atoms with Gasteiger partial charge in [-0.2, -0.15) is 5.01 Å². The minimum absolute atomic E-state index is 0.110. The Morgan fingerprint density at radius 2 is 1.76 bits per heavy atom. The van der Waals surface area contributed by atoms with E-state index in [4.69, 9.17) is 0 Å². The Kier molecular flexibility index (Phi) is 5.31. The van der Waals surface area contributed by atoms with Gasteiger partial charge in [0.1, 0.15) is 11.3 Å². The Hall–Kier alpha value is -2.81. The van der Waals surface area contributed by atoms with Gasteiger partial charge in [-0.1, -0.05) is 31.4 Å². The van der Waals surface area contributed by atoms with Gasteiger partial charge in [0.25, 0.3) is 11.8 Å². The zero-order valence-electron chi connectivity index (χ0n) is 16.4. The molecule has 0 bridgehead atoms. The second kappa shape index (κ2) is 7.90. The molecule has 0 radical (unpaired) electrons. The molecule has 0 unspecified atom stereocenters. The average molecular weight is 401 g/mol. The van der Waals surface area contributed by atoms with Crippen LogP contribution in [0.5, 0.6) is 5.75 Å². The summed E-state index contributed by atoms with van der Waals surface area (Å²) in [5.41, 5.74) is 2.43. The molecule has 3 aliphatic rings. The molecule has 2 aliphatic heterocycles. The SMILES string of the molecule is O=C(CN1CCN(c2ccccc2O)CC1)NN1C(=O)NC2(CCCCC2)C1=O. The number of benzene rings is 1. The van der Waals surface area contributed by atoms with Gasteiger partial charge >= 0.3 is 6.03 Å². The fraction of sp³-hybridized carbons (Fsp3) is 0.550. The van der Waals surface area contributed by atoms with Crippen LogP contribution in [0, 0.1) is 0 Å². The van der Waals surface area contributed by atoms with E-state index in [1.165, 1.54) is 0 Å². The van der Waals surface area contributed by atoms with E-state index in [1.807, 2.05) is 17.0 Å². The number of piperazine rings is 1. The summed E-state index contributed by atoms with van der Waals surface area (Å²) in [5.74, 6) is -0.480. The highest BCUT2D eigenvalue weighted by molar-refractivity contribution is 6.08. The number of amides is 4. The van der Waals surface area contributed by atoms with E-state index >= 15 is 0 Å². The van der Waals surface area contributed by atoms with Gasteiger partial charge in [0, 0.05) is 26.2 Å². The Balaban J connectivity index is 1.29. The van der Waals surface area contributed by atoms with E-state index in [9.17, 15) is 19.5 Å². The van der Waals surface area contributed by atoms with Crippen LogP contribution in [-0.4, -0.2) is 71.1 Å². The molecule has 4 rings (SSSR count). The zero-order valence-corrected chi connectivity index (χ0v) is 16.4. The van der Waals surface area contributed by atoms with Crippen LogP contribution in [-0.2, 0) is 9.59 Å². The molecule has 1 aliphatic carbocycles. The number of hydrazine groups is 1. The van der Waals surface area contributed by atoms with Crippen LogP contribution in [0.2, 0.25) is 0 Å². The van der Waals surface area contributed by atoms with Crippen molar-refractivity contribution >= 4 is 23.5 Å². The highest BCUT2D eigenvalue weighted by Crippen LogP contribution is 2.33. The van der Waals surface area contributed by atoms with E-state index in [1.54, 1.807) is 12.1 Å². The van der Waals surface area contributed by atoms with Crippen LogP contribution in [0.3, 0.4) is 0 Å². The monoisotopic (exact) mass is 401 g/mol. The topological polar surface area (TPSA) is 105 Å². The van der Waals surface area contributed by atoms with Gasteiger partial charge < -0.3 is 15.3 Å². The van der Waals surface area contributed by atoms with E-state index in [0.29, 0.717) is 39.0 Å². The third-order valence-electron chi connectivity index (χ3n) is 6.07.